The highest BCUT2D eigenvalue weighted by Gasteiger charge is 2.52. The maximum absolute atomic E-state index is 12.2. The van der Waals surface area contributed by atoms with Gasteiger partial charge in [-0.2, -0.15) is 0 Å². The topological polar surface area (TPSA) is 78.9 Å². The molecule has 3 rings (SSSR count). The number of carboxylic acid groups (broad SMARTS) is 1. The van der Waals surface area contributed by atoms with Gasteiger partial charge in [0, 0.05) is 0 Å². The van der Waals surface area contributed by atoms with Crippen molar-refractivity contribution in [2.24, 2.45) is 17.8 Å². The van der Waals surface area contributed by atoms with Crippen LogP contribution in [0.4, 0.5) is 4.79 Å². The Labute approximate surface area is 106 Å². The highest BCUT2D eigenvalue weighted by Crippen LogP contribution is 2.55. The van der Waals surface area contributed by atoms with Gasteiger partial charge < -0.3 is 15.2 Å². The molecule has 1 heterocycles. The number of nitrogens with one attached hydrogen (secondary N) is 1. The van der Waals surface area contributed by atoms with E-state index in [0.717, 1.165) is 24.7 Å². The molecule has 0 aromatic heterocycles. The van der Waals surface area contributed by atoms with Crippen molar-refractivity contribution < 1.29 is 19.4 Å². The molecule has 1 unspecified atom stereocenters. The minimum Gasteiger partial charge on any atom is -0.465 e. The summed E-state index contributed by atoms with van der Waals surface area (Å²) in [7, 11) is 0. The number of rotatable bonds is 5. The quantitative estimate of drug-likeness (QED) is 0.726. The third-order valence-electron chi connectivity index (χ3n) is 4.62. The first kappa shape index (κ1) is 12.0. The number of epoxide rings is 1. The van der Waals surface area contributed by atoms with E-state index in [4.69, 9.17) is 9.84 Å². The molecular formula is C13H19NO4. The fourth-order valence-corrected chi connectivity index (χ4v) is 3.37. The number of hydrogen-bond acceptors (Lipinski definition) is 3. The molecule has 5 atom stereocenters. The summed E-state index contributed by atoms with van der Waals surface area (Å²) >= 11 is 0. The Morgan fingerprint density at radius 3 is 2.50 bits per heavy atom. The molecule has 18 heavy (non-hydrogen) atoms. The summed E-state index contributed by atoms with van der Waals surface area (Å²) in [5.41, 5.74) is -0.741. The van der Waals surface area contributed by atoms with Gasteiger partial charge in [0.1, 0.15) is 5.60 Å². The highest BCUT2D eigenvalue weighted by atomic mass is 16.6. The van der Waals surface area contributed by atoms with E-state index in [-0.39, 0.29) is 5.78 Å². The smallest absolute Gasteiger partial charge is 0.405 e. The number of ether oxygens (including phenoxy) is 1. The molecule has 2 saturated carbocycles. The number of ketones is 1. The highest BCUT2D eigenvalue weighted by molar-refractivity contribution is 5.95. The fourth-order valence-electron chi connectivity index (χ4n) is 3.37. The van der Waals surface area contributed by atoms with Gasteiger partial charge in [0.2, 0.25) is 0 Å². The summed E-state index contributed by atoms with van der Waals surface area (Å²) < 4.78 is 5.13. The molecule has 5 heteroatoms. The first-order valence-corrected chi connectivity index (χ1v) is 6.65. The van der Waals surface area contributed by atoms with Crippen molar-refractivity contribution in [2.75, 3.05) is 6.61 Å². The van der Waals surface area contributed by atoms with Crippen molar-refractivity contribution in [1.29, 1.82) is 0 Å². The van der Waals surface area contributed by atoms with Crippen LogP contribution in [0.5, 0.6) is 0 Å². The summed E-state index contributed by atoms with van der Waals surface area (Å²) in [5.74, 6) is 2.09. The summed E-state index contributed by atoms with van der Waals surface area (Å²) in [6.45, 7) is 2.15. The molecule has 100 valence electrons. The Morgan fingerprint density at radius 2 is 2.00 bits per heavy atom. The van der Waals surface area contributed by atoms with Gasteiger partial charge in [0.05, 0.1) is 12.6 Å². The molecule has 0 aromatic rings. The van der Waals surface area contributed by atoms with E-state index in [1.807, 2.05) is 0 Å². The van der Waals surface area contributed by atoms with E-state index >= 15 is 0 Å². The molecule has 2 aliphatic carbocycles. The second-order valence-corrected chi connectivity index (χ2v) is 6.21. The van der Waals surface area contributed by atoms with Gasteiger partial charge in [0.15, 0.2) is 5.78 Å². The maximum Gasteiger partial charge on any atom is 0.405 e. The van der Waals surface area contributed by atoms with Gasteiger partial charge in [0.25, 0.3) is 0 Å². The first-order chi connectivity index (χ1) is 8.48. The van der Waals surface area contributed by atoms with E-state index in [1.54, 1.807) is 6.92 Å². The molecule has 1 aliphatic heterocycles. The molecule has 1 amide bonds. The predicted molar refractivity (Wildman–Crippen MR) is 63.3 cm³/mol. The van der Waals surface area contributed by atoms with Crippen LogP contribution >= 0.6 is 0 Å². The van der Waals surface area contributed by atoms with Crippen molar-refractivity contribution in [3.8, 4) is 0 Å². The van der Waals surface area contributed by atoms with Crippen molar-refractivity contribution in [1.82, 2.24) is 5.32 Å². The van der Waals surface area contributed by atoms with Gasteiger partial charge in [-0.1, -0.05) is 0 Å². The van der Waals surface area contributed by atoms with Gasteiger partial charge in [-0.25, -0.2) is 4.79 Å². The van der Waals surface area contributed by atoms with E-state index in [0.29, 0.717) is 18.9 Å². The lowest BCUT2D eigenvalue weighted by Crippen LogP contribution is -2.46. The summed E-state index contributed by atoms with van der Waals surface area (Å²) in [6, 6.07) is -0.600. The van der Waals surface area contributed by atoms with E-state index < -0.39 is 17.7 Å². The average molecular weight is 253 g/mol. The van der Waals surface area contributed by atoms with Crippen LogP contribution in [0.1, 0.15) is 32.6 Å². The zero-order valence-corrected chi connectivity index (χ0v) is 10.5. The lowest BCUT2D eigenvalue weighted by molar-refractivity contribution is -0.126. The Bertz CT molecular complexity index is 380. The minimum absolute atomic E-state index is 0.106. The first-order valence-electron chi connectivity index (χ1n) is 6.65. The van der Waals surface area contributed by atoms with Crippen molar-refractivity contribution >= 4 is 11.9 Å². The van der Waals surface area contributed by atoms with Gasteiger partial charge in [-0.3, -0.25) is 4.79 Å². The molecule has 0 bridgehead atoms. The van der Waals surface area contributed by atoms with Crippen molar-refractivity contribution in [3.05, 3.63) is 0 Å². The Morgan fingerprint density at radius 1 is 1.39 bits per heavy atom. The molecule has 5 nitrogen and oxygen atoms in total. The van der Waals surface area contributed by atoms with Gasteiger partial charge in [-0.05, 0) is 50.4 Å². The molecule has 0 aromatic carbocycles. The summed E-state index contributed by atoms with van der Waals surface area (Å²) in [4.78, 5) is 23.0. The molecule has 0 spiro atoms. The SMILES string of the molecule is C[C@]1(C(=O)[C@H](CC2C[C@@H]3C[C@@H]3C2)NC(=O)O)CO1. The van der Waals surface area contributed by atoms with E-state index in [2.05, 4.69) is 5.32 Å². The number of amides is 1. The van der Waals surface area contributed by atoms with Crippen molar-refractivity contribution in [2.45, 2.75) is 44.2 Å². The normalized spacial score (nSPS) is 41.9. The lowest BCUT2D eigenvalue weighted by Gasteiger charge is -2.21. The standard InChI is InChI=1S/C13H19NO4/c1-13(6-18-13)11(15)10(14-12(16)17)4-7-2-8-5-9(8)3-7/h7-10,14H,2-6H2,1H3,(H,16,17)/t7?,8-,9+,10-,13+/m0/s1. The molecule has 0 radical (unpaired) electrons. The molecule has 3 aliphatic rings. The molecule has 1 saturated heterocycles. The lowest BCUT2D eigenvalue weighted by atomic mass is 9.89. The third-order valence-corrected chi connectivity index (χ3v) is 4.62. The second-order valence-electron chi connectivity index (χ2n) is 6.21. The van der Waals surface area contributed by atoms with E-state index in [1.165, 1.54) is 6.42 Å². The number of carbonyl (C=O) groups is 2. The Kier molecular flexibility index (Phi) is 2.62. The zero-order chi connectivity index (χ0) is 12.9. The summed E-state index contributed by atoms with van der Waals surface area (Å²) in [6.07, 6.45) is 3.17. The minimum atomic E-state index is -1.12. The fraction of sp³-hybridized carbons (Fsp3) is 0.846. The second kappa shape index (κ2) is 3.95. The monoisotopic (exact) mass is 253 g/mol. The predicted octanol–water partition coefficient (Wildman–Crippen LogP) is 1.42. The third kappa shape index (κ3) is 2.23. The van der Waals surface area contributed by atoms with Crippen LogP contribution in [-0.2, 0) is 9.53 Å². The molecule has 2 N–H and O–H groups in total. The van der Waals surface area contributed by atoms with Gasteiger partial charge >= 0.3 is 6.09 Å². The summed E-state index contributed by atoms with van der Waals surface area (Å²) in [5, 5.41) is 11.2. The maximum atomic E-state index is 12.2. The number of fused-ring (bicyclic) bond motifs is 1. The van der Waals surface area contributed by atoms with Crippen LogP contribution in [0.15, 0.2) is 0 Å². The van der Waals surface area contributed by atoms with Crippen LogP contribution in [0.2, 0.25) is 0 Å². The van der Waals surface area contributed by atoms with E-state index in [9.17, 15) is 9.59 Å². The molecular weight excluding hydrogens is 234 g/mol. The van der Waals surface area contributed by atoms with Gasteiger partial charge in [-0.15, -0.1) is 0 Å². The molecule has 3 fully saturated rings. The van der Waals surface area contributed by atoms with Crippen LogP contribution in [0, 0.1) is 17.8 Å². The van der Waals surface area contributed by atoms with Crippen molar-refractivity contribution in [3.63, 3.8) is 0 Å². The van der Waals surface area contributed by atoms with Crippen LogP contribution in [0.25, 0.3) is 0 Å². The average Bonchev–Trinajstić information content (AvgIpc) is 3.18. The van der Waals surface area contributed by atoms with Crippen LogP contribution in [-0.4, -0.2) is 35.2 Å². The number of Topliss-reactive ketones (excluding diaryl/α,β-unsaturated/α-hetero) is 1. The number of hydrogen-bond donors (Lipinski definition) is 2. The Balaban J connectivity index is 1.61. The number of carbonyl (C=O) groups excluding carboxylic acids is 1. The van der Waals surface area contributed by atoms with Crippen LogP contribution < -0.4 is 5.32 Å². The largest absolute Gasteiger partial charge is 0.465 e. The zero-order valence-electron chi connectivity index (χ0n) is 10.5. The van der Waals surface area contributed by atoms with Crippen LogP contribution in [0.3, 0.4) is 0 Å². The Hall–Kier alpha value is -1.10.